The van der Waals surface area contributed by atoms with Gasteiger partial charge in [0, 0.05) is 25.2 Å². The zero-order valence-electron chi connectivity index (χ0n) is 11.8. The van der Waals surface area contributed by atoms with Gasteiger partial charge in [-0.1, -0.05) is 13.8 Å². The largest absolute Gasteiger partial charge is 0.469 e. The maximum Gasteiger partial charge on any atom is 0.103 e. The summed E-state index contributed by atoms with van der Waals surface area (Å²) >= 11 is 0. The molecule has 1 unspecified atom stereocenters. The van der Waals surface area contributed by atoms with Gasteiger partial charge in [0.15, 0.2) is 0 Å². The Hall–Kier alpha value is -1.55. The van der Waals surface area contributed by atoms with Crippen LogP contribution in [0.3, 0.4) is 0 Å². The molecule has 0 aliphatic carbocycles. The Balaban J connectivity index is 2.03. The molecule has 0 aliphatic heterocycles. The minimum atomic E-state index is 0.337. The molecule has 2 aromatic rings. The van der Waals surface area contributed by atoms with Gasteiger partial charge in [0.25, 0.3) is 0 Å². The molecule has 2 rings (SSSR count). The molecular formula is C15H23N3O. The average molecular weight is 261 g/mol. The number of hydrogen-bond donors (Lipinski definition) is 1. The summed E-state index contributed by atoms with van der Waals surface area (Å²) in [6, 6.07) is 6.43. The average Bonchev–Trinajstić information content (AvgIpc) is 3.06. The molecule has 0 spiro atoms. The maximum atomic E-state index is 5.41. The third-order valence-electron chi connectivity index (χ3n) is 3.25. The summed E-state index contributed by atoms with van der Waals surface area (Å²) in [5, 5.41) is 7.95. The molecule has 19 heavy (non-hydrogen) atoms. The Bertz CT molecular complexity index is 461. The number of nitrogens with one attached hydrogen (secondary N) is 1. The SMILES string of the molecule is CCCn1nccc1C(CCc1ccco1)NCC. The standard InChI is InChI=1S/C15H23N3O/c1-3-11-18-15(9-10-17-18)14(16-4-2)8-7-13-6-5-12-19-13/h5-6,9-10,12,14,16H,3-4,7-8,11H2,1-2H3. The van der Waals surface area contributed by atoms with Crippen molar-refractivity contribution in [2.24, 2.45) is 0 Å². The van der Waals surface area contributed by atoms with E-state index in [1.54, 1.807) is 6.26 Å². The van der Waals surface area contributed by atoms with Crippen molar-refractivity contribution in [2.75, 3.05) is 6.54 Å². The van der Waals surface area contributed by atoms with Crippen LogP contribution >= 0.6 is 0 Å². The van der Waals surface area contributed by atoms with Crippen LogP contribution in [0.15, 0.2) is 35.1 Å². The summed E-state index contributed by atoms with van der Waals surface area (Å²) in [5.74, 6) is 1.05. The van der Waals surface area contributed by atoms with Crippen LogP contribution in [-0.2, 0) is 13.0 Å². The van der Waals surface area contributed by atoms with Crippen LogP contribution < -0.4 is 5.32 Å². The van der Waals surface area contributed by atoms with Gasteiger partial charge >= 0.3 is 0 Å². The zero-order valence-corrected chi connectivity index (χ0v) is 11.8. The predicted molar refractivity (Wildman–Crippen MR) is 76.0 cm³/mol. The second kappa shape index (κ2) is 7.14. The zero-order chi connectivity index (χ0) is 13.5. The van der Waals surface area contributed by atoms with E-state index >= 15 is 0 Å². The first-order valence-corrected chi connectivity index (χ1v) is 7.12. The van der Waals surface area contributed by atoms with Crippen molar-refractivity contribution < 1.29 is 4.42 Å². The number of hydrogen-bond acceptors (Lipinski definition) is 3. The molecule has 0 amide bonds. The van der Waals surface area contributed by atoms with E-state index in [9.17, 15) is 0 Å². The van der Waals surface area contributed by atoms with Crippen molar-refractivity contribution in [1.82, 2.24) is 15.1 Å². The van der Waals surface area contributed by atoms with Gasteiger partial charge in [-0.05, 0) is 37.6 Å². The van der Waals surface area contributed by atoms with Gasteiger partial charge in [-0.15, -0.1) is 0 Å². The second-order valence-corrected chi connectivity index (χ2v) is 4.71. The molecule has 1 N–H and O–H groups in total. The van der Waals surface area contributed by atoms with E-state index < -0.39 is 0 Å². The normalized spacial score (nSPS) is 12.7. The fraction of sp³-hybridized carbons (Fsp3) is 0.533. The Kier molecular flexibility index (Phi) is 5.21. The van der Waals surface area contributed by atoms with Crippen molar-refractivity contribution in [2.45, 2.75) is 45.7 Å². The molecule has 2 aromatic heterocycles. The first kappa shape index (κ1) is 13.9. The second-order valence-electron chi connectivity index (χ2n) is 4.71. The van der Waals surface area contributed by atoms with Gasteiger partial charge in [-0.25, -0.2) is 0 Å². The Morgan fingerprint density at radius 1 is 1.37 bits per heavy atom. The fourth-order valence-electron chi connectivity index (χ4n) is 2.38. The lowest BCUT2D eigenvalue weighted by Crippen LogP contribution is -2.24. The highest BCUT2D eigenvalue weighted by molar-refractivity contribution is 5.08. The molecule has 0 saturated heterocycles. The van der Waals surface area contributed by atoms with Crippen LogP contribution in [0.1, 0.15) is 44.2 Å². The summed E-state index contributed by atoms with van der Waals surface area (Å²) in [7, 11) is 0. The summed E-state index contributed by atoms with van der Waals surface area (Å²) in [6.07, 6.45) is 6.70. The van der Waals surface area contributed by atoms with Crippen LogP contribution in [0.4, 0.5) is 0 Å². The van der Waals surface area contributed by atoms with Gasteiger partial charge in [0.05, 0.1) is 12.0 Å². The lowest BCUT2D eigenvalue weighted by atomic mass is 10.1. The molecule has 104 valence electrons. The molecule has 0 saturated carbocycles. The first-order chi connectivity index (χ1) is 9.35. The van der Waals surface area contributed by atoms with Crippen molar-refractivity contribution in [3.05, 3.63) is 42.1 Å². The lowest BCUT2D eigenvalue weighted by Gasteiger charge is -2.19. The highest BCUT2D eigenvalue weighted by Crippen LogP contribution is 2.19. The van der Waals surface area contributed by atoms with Crippen molar-refractivity contribution in [3.63, 3.8) is 0 Å². The Morgan fingerprint density at radius 2 is 2.26 bits per heavy atom. The Labute approximate surface area is 114 Å². The number of nitrogens with zero attached hydrogens (tertiary/aromatic N) is 2. The van der Waals surface area contributed by atoms with E-state index in [0.717, 1.165) is 38.1 Å². The summed E-state index contributed by atoms with van der Waals surface area (Å²) in [5.41, 5.74) is 1.27. The fourth-order valence-corrected chi connectivity index (χ4v) is 2.38. The highest BCUT2D eigenvalue weighted by atomic mass is 16.3. The van der Waals surface area contributed by atoms with Gasteiger partial charge in [-0.3, -0.25) is 4.68 Å². The minimum absolute atomic E-state index is 0.337. The maximum absolute atomic E-state index is 5.41. The molecule has 0 fully saturated rings. The minimum Gasteiger partial charge on any atom is -0.469 e. The van der Waals surface area contributed by atoms with Gasteiger partial charge in [0.2, 0.25) is 0 Å². The predicted octanol–water partition coefficient (Wildman–Crippen LogP) is 3.17. The van der Waals surface area contributed by atoms with E-state index in [1.807, 2.05) is 18.3 Å². The van der Waals surface area contributed by atoms with Crippen LogP contribution in [-0.4, -0.2) is 16.3 Å². The van der Waals surface area contributed by atoms with Crippen molar-refractivity contribution in [1.29, 1.82) is 0 Å². The van der Waals surface area contributed by atoms with Crippen LogP contribution in [0.5, 0.6) is 0 Å². The molecule has 1 atom stereocenters. The first-order valence-electron chi connectivity index (χ1n) is 7.12. The van der Waals surface area contributed by atoms with Gasteiger partial charge in [0.1, 0.15) is 5.76 Å². The van der Waals surface area contributed by atoms with Gasteiger partial charge < -0.3 is 9.73 Å². The summed E-state index contributed by atoms with van der Waals surface area (Å²) < 4.78 is 7.51. The Morgan fingerprint density at radius 3 is 2.95 bits per heavy atom. The van der Waals surface area contributed by atoms with Crippen LogP contribution in [0.2, 0.25) is 0 Å². The highest BCUT2D eigenvalue weighted by Gasteiger charge is 2.15. The smallest absolute Gasteiger partial charge is 0.103 e. The number of rotatable bonds is 8. The lowest BCUT2D eigenvalue weighted by molar-refractivity contribution is 0.431. The molecule has 2 heterocycles. The molecular weight excluding hydrogens is 238 g/mol. The molecule has 4 nitrogen and oxygen atoms in total. The third-order valence-corrected chi connectivity index (χ3v) is 3.25. The molecule has 0 aromatic carbocycles. The van der Waals surface area contributed by atoms with Crippen LogP contribution in [0, 0.1) is 0 Å². The molecule has 0 bridgehead atoms. The topological polar surface area (TPSA) is 43.0 Å². The third kappa shape index (κ3) is 3.70. The van der Waals surface area contributed by atoms with E-state index in [1.165, 1.54) is 5.69 Å². The molecule has 0 radical (unpaired) electrons. The van der Waals surface area contributed by atoms with Crippen molar-refractivity contribution in [3.8, 4) is 0 Å². The number of aryl methyl sites for hydroxylation is 2. The van der Waals surface area contributed by atoms with Crippen LogP contribution in [0.25, 0.3) is 0 Å². The van der Waals surface area contributed by atoms with Gasteiger partial charge in [-0.2, -0.15) is 5.10 Å². The molecule has 0 aliphatic rings. The monoisotopic (exact) mass is 261 g/mol. The van der Waals surface area contributed by atoms with Crippen molar-refractivity contribution >= 4 is 0 Å². The summed E-state index contributed by atoms with van der Waals surface area (Å²) in [6.45, 7) is 6.25. The quantitative estimate of drug-likeness (QED) is 0.793. The van der Waals surface area contributed by atoms with E-state index in [0.29, 0.717) is 6.04 Å². The van der Waals surface area contributed by atoms with E-state index in [-0.39, 0.29) is 0 Å². The summed E-state index contributed by atoms with van der Waals surface area (Å²) in [4.78, 5) is 0. The molecule has 4 heteroatoms. The van der Waals surface area contributed by atoms with E-state index in [2.05, 4.69) is 35.0 Å². The van der Waals surface area contributed by atoms with E-state index in [4.69, 9.17) is 4.42 Å². The number of aromatic nitrogens is 2. The number of furan rings is 1.